The largest absolute Gasteiger partial charge is 0.378 e. The van der Waals surface area contributed by atoms with Gasteiger partial charge < -0.3 is 25.0 Å². The smallest absolute Gasteiger partial charge is 0.191 e. The molecule has 1 aromatic rings. The first-order chi connectivity index (χ1) is 12.2. The SMILES string of the molecule is CN=C(NCc1ccccc1N1CCOCC1)NCC1(C)CCCO1. The number of anilines is 1. The van der Waals surface area contributed by atoms with Crippen LogP contribution in [0.5, 0.6) is 0 Å². The molecule has 2 heterocycles. The predicted molar refractivity (Wildman–Crippen MR) is 101 cm³/mol. The van der Waals surface area contributed by atoms with Crippen molar-refractivity contribution in [2.24, 2.45) is 4.99 Å². The van der Waals surface area contributed by atoms with Crippen molar-refractivity contribution in [2.75, 3.05) is 51.4 Å². The lowest BCUT2D eigenvalue weighted by atomic mass is 10.0. The van der Waals surface area contributed by atoms with Crippen LogP contribution in [0.4, 0.5) is 5.69 Å². The summed E-state index contributed by atoms with van der Waals surface area (Å²) < 4.78 is 11.3. The lowest BCUT2D eigenvalue weighted by Crippen LogP contribution is -2.45. The van der Waals surface area contributed by atoms with E-state index in [4.69, 9.17) is 9.47 Å². The van der Waals surface area contributed by atoms with Gasteiger partial charge in [-0.1, -0.05) is 18.2 Å². The Morgan fingerprint density at radius 3 is 2.72 bits per heavy atom. The molecule has 138 valence electrons. The third-order valence-electron chi connectivity index (χ3n) is 4.94. The summed E-state index contributed by atoms with van der Waals surface area (Å²) in [5.74, 6) is 0.813. The highest BCUT2D eigenvalue weighted by Crippen LogP contribution is 2.24. The summed E-state index contributed by atoms with van der Waals surface area (Å²) in [4.78, 5) is 6.74. The molecule has 0 aromatic heterocycles. The Bertz CT molecular complexity index is 579. The minimum atomic E-state index is -0.0800. The number of morpholine rings is 1. The van der Waals surface area contributed by atoms with E-state index in [2.05, 4.69) is 51.7 Å². The van der Waals surface area contributed by atoms with Crippen LogP contribution in [0.1, 0.15) is 25.3 Å². The number of hydrogen-bond acceptors (Lipinski definition) is 4. The number of hydrogen-bond donors (Lipinski definition) is 2. The van der Waals surface area contributed by atoms with E-state index in [1.54, 1.807) is 7.05 Å². The van der Waals surface area contributed by atoms with Gasteiger partial charge in [0.05, 0.1) is 18.8 Å². The average Bonchev–Trinajstić information content (AvgIpc) is 3.10. The topological polar surface area (TPSA) is 58.1 Å². The Hall–Kier alpha value is -1.79. The molecule has 6 heteroatoms. The number of benzene rings is 1. The highest BCUT2D eigenvalue weighted by molar-refractivity contribution is 5.79. The summed E-state index contributed by atoms with van der Waals surface area (Å²) in [6.07, 6.45) is 2.23. The molecule has 25 heavy (non-hydrogen) atoms. The molecule has 0 radical (unpaired) electrons. The minimum absolute atomic E-state index is 0.0800. The summed E-state index contributed by atoms with van der Waals surface area (Å²) in [6, 6.07) is 8.54. The molecule has 0 aliphatic carbocycles. The normalized spacial score (nSPS) is 24.4. The molecular weight excluding hydrogens is 316 g/mol. The third-order valence-corrected chi connectivity index (χ3v) is 4.94. The number of guanidine groups is 1. The summed E-state index contributed by atoms with van der Waals surface area (Å²) in [6.45, 7) is 8.01. The van der Waals surface area contributed by atoms with Crippen molar-refractivity contribution in [3.8, 4) is 0 Å². The van der Waals surface area contributed by atoms with E-state index < -0.39 is 0 Å². The number of para-hydroxylation sites is 1. The zero-order chi connectivity index (χ0) is 17.5. The molecule has 2 fully saturated rings. The maximum atomic E-state index is 5.83. The van der Waals surface area contributed by atoms with Gasteiger partial charge in [-0.2, -0.15) is 0 Å². The van der Waals surface area contributed by atoms with E-state index in [-0.39, 0.29) is 5.60 Å². The molecule has 2 N–H and O–H groups in total. The minimum Gasteiger partial charge on any atom is -0.378 e. The Balaban J connectivity index is 1.56. The molecule has 1 unspecified atom stereocenters. The predicted octanol–water partition coefficient (Wildman–Crippen LogP) is 1.76. The first-order valence-corrected chi connectivity index (χ1v) is 9.19. The maximum absolute atomic E-state index is 5.83. The molecule has 3 rings (SSSR count). The lowest BCUT2D eigenvalue weighted by molar-refractivity contribution is 0.0243. The van der Waals surface area contributed by atoms with Crippen LogP contribution >= 0.6 is 0 Å². The molecule has 0 bridgehead atoms. The highest BCUT2D eigenvalue weighted by Gasteiger charge is 2.29. The van der Waals surface area contributed by atoms with Crippen molar-refractivity contribution < 1.29 is 9.47 Å². The fourth-order valence-electron chi connectivity index (χ4n) is 3.42. The molecule has 6 nitrogen and oxygen atoms in total. The van der Waals surface area contributed by atoms with E-state index in [1.807, 2.05) is 0 Å². The number of nitrogens with zero attached hydrogens (tertiary/aromatic N) is 2. The summed E-state index contributed by atoms with van der Waals surface area (Å²) in [5, 5.41) is 6.83. The van der Waals surface area contributed by atoms with Gasteiger partial charge in [0.25, 0.3) is 0 Å². The zero-order valence-corrected chi connectivity index (χ0v) is 15.4. The molecule has 1 aromatic carbocycles. The van der Waals surface area contributed by atoms with Crippen molar-refractivity contribution >= 4 is 11.6 Å². The van der Waals surface area contributed by atoms with Crippen LogP contribution in [0.3, 0.4) is 0 Å². The van der Waals surface area contributed by atoms with Crippen LogP contribution in [-0.2, 0) is 16.0 Å². The van der Waals surface area contributed by atoms with Crippen LogP contribution in [-0.4, -0.2) is 58.1 Å². The van der Waals surface area contributed by atoms with Gasteiger partial charge in [-0.25, -0.2) is 0 Å². The molecule has 2 aliphatic rings. The molecule has 0 saturated carbocycles. The van der Waals surface area contributed by atoms with Crippen molar-refractivity contribution in [2.45, 2.75) is 31.9 Å². The Morgan fingerprint density at radius 1 is 1.20 bits per heavy atom. The van der Waals surface area contributed by atoms with Crippen molar-refractivity contribution in [3.63, 3.8) is 0 Å². The fourth-order valence-corrected chi connectivity index (χ4v) is 3.42. The molecule has 1 atom stereocenters. The Kier molecular flexibility index (Phi) is 6.15. The first kappa shape index (κ1) is 18.0. The van der Waals surface area contributed by atoms with Gasteiger partial charge in [0.1, 0.15) is 0 Å². The fraction of sp³-hybridized carbons (Fsp3) is 0.632. The van der Waals surface area contributed by atoms with Crippen molar-refractivity contribution in [1.82, 2.24) is 10.6 Å². The molecule has 0 spiro atoms. The summed E-state index contributed by atoms with van der Waals surface area (Å²) >= 11 is 0. The standard InChI is InChI=1S/C19H30N4O2/c1-19(8-5-11-25-19)15-22-18(20-2)21-14-16-6-3-4-7-17(16)23-9-12-24-13-10-23/h3-4,6-7H,5,8-15H2,1-2H3,(H2,20,21,22). The molecule has 2 saturated heterocycles. The van der Waals surface area contributed by atoms with E-state index >= 15 is 0 Å². The van der Waals surface area contributed by atoms with Crippen LogP contribution in [0.2, 0.25) is 0 Å². The van der Waals surface area contributed by atoms with E-state index in [0.717, 1.165) is 64.8 Å². The second-order valence-electron chi connectivity index (χ2n) is 6.91. The highest BCUT2D eigenvalue weighted by atomic mass is 16.5. The summed E-state index contributed by atoms with van der Waals surface area (Å²) in [5.41, 5.74) is 2.47. The van der Waals surface area contributed by atoms with Crippen LogP contribution in [0.25, 0.3) is 0 Å². The van der Waals surface area contributed by atoms with Gasteiger partial charge >= 0.3 is 0 Å². The van der Waals surface area contributed by atoms with Crippen molar-refractivity contribution in [1.29, 1.82) is 0 Å². The van der Waals surface area contributed by atoms with Gasteiger partial charge in [-0.3, -0.25) is 4.99 Å². The second-order valence-corrected chi connectivity index (χ2v) is 6.91. The van der Waals surface area contributed by atoms with Gasteiger partial charge in [0, 0.05) is 45.5 Å². The molecular formula is C19H30N4O2. The summed E-state index contributed by atoms with van der Waals surface area (Å²) in [7, 11) is 1.81. The van der Waals surface area contributed by atoms with E-state index in [1.165, 1.54) is 11.3 Å². The van der Waals surface area contributed by atoms with E-state index in [0.29, 0.717) is 0 Å². The average molecular weight is 346 g/mol. The first-order valence-electron chi connectivity index (χ1n) is 9.19. The number of aliphatic imine (C=N–C) groups is 1. The second kappa shape index (κ2) is 8.54. The number of ether oxygens (including phenoxy) is 2. The van der Waals surface area contributed by atoms with Crippen molar-refractivity contribution in [3.05, 3.63) is 29.8 Å². The third kappa shape index (κ3) is 4.86. The number of nitrogens with one attached hydrogen (secondary N) is 2. The zero-order valence-electron chi connectivity index (χ0n) is 15.4. The van der Waals surface area contributed by atoms with Gasteiger partial charge in [0.2, 0.25) is 0 Å². The van der Waals surface area contributed by atoms with Gasteiger partial charge in [-0.15, -0.1) is 0 Å². The Morgan fingerprint density at radius 2 is 2.00 bits per heavy atom. The Labute approximate surface area is 150 Å². The van der Waals surface area contributed by atoms with Crippen LogP contribution in [0.15, 0.2) is 29.3 Å². The lowest BCUT2D eigenvalue weighted by Gasteiger charge is -2.31. The quantitative estimate of drug-likeness (QED) is 0.628. The van der Waals surface area contributed by atoms with Gasteiger partial charge in [-0.05, 0) is 31.4 Å². The molecule has 2 aliphatic heterocycles. The maximum Gasteiger partial charge on any atom is 0.191 e. The van der Waals surface area contributed by atoms with Crippen LogP contribution in [0, 0.1) is 0 Å². The van der Waals surface area contributed by atoms with E-state index in [9.17, 15) is 0 Å². The van der Waals surface area contributed by atoms with Gasteiger partial charge in [0.15, 0.2) is 5.96 Å². The monoisotopic (exact) mass is 346 g/mol. The number of rotatable bonds is 5. The van der Waals surface area contributed by atoms with Crippen LogP contribution < -0.4 is 15.5 Å². The molecule has 0 amide bonds.